The molecule has 6 heteroatoms. The molecule has 6 nitrogen and oxygen atoms in total. The number of carbonyl (C=O) groups excluding carboxylic acids is 1. The number of nitrogens with zero attached hydrogens (tertiary/aromatic N) is 2. The Hall–Kier alpha value is -1.98. The van der Waals surface area contributed by atoms with Crippen molar-refractivity contribution in [1.82, 2.24) is 15.3 Å². The van der Waals surface area contributed by atoms with Crippen molar-refractivity contribution >= 4 is 11.9 Å². The summed E-state index contributed by atoms with van der Waals surface area (Å²) in [5.41, 5.74) is 0.175. The summed E-state index contributed by atoms with van der Waals surface area (Å²) in [7, 11) is 0. The van der Waals surface area contributed by atoms with E-state index in [-0.39, 0.29) is 12.3 Å². The van der Waals surface area contributed by atoms with Gasteiger partial charge in [-0.15, -0.1) is 0 Å². The van der Waals surface area contributed by atoms with E-state index >= 15 is 0 Å². The average molecular weight is 265 g/mol. The van der Waals surface area contributed by atoms with E-state index in [1.807, 2.05) is 0 Å². The zero-order valence-corrected chi connectivity index (χ0v) is 11.4. The third-order valence-electron chi connectivity index (χ3n) is 2.64. The third kappa shape index (κ3) is 5.03. The van der Waals surface area contributed by atoms with Crippen molar-refractivity contribution in [1.29, 1.82) is 0 Å². The standard InChI is InChI=1S/C13H19N3O3/c1-13(2,3)11(12(18)19)16-10(17)5-4-9-8-14-6-7-15-9/h6-8,11H,4-5H2,1-3H3,(H,16,17)(H,18,19)/t11-/m1/s1. The zero-order chi connectivity index (χ0) is 14.5. The number of nitrogens with one attached hydrogen (secondary N) is 1. The predicted molar refractivity (Wildman–Crippen MR) is 69.4 cm³/mol. The molecule has 0 bridgehead atoms. The van der Waals surface area contributed by atoms with Crippen molar-refractivity contribution in [3.05, 3.63) is 24.3 Å². The predicted octanol–water partition coefficient (Wildman–Crippen LogP) is 1.02. The van der Waals surface area contributed by atoms with Gasteiger partial charge < -0.3 is 10.4 Å². The first-order valence-corrected chi connectivity index (χ1v) is 6.08. The molecule has 0 radical (unpaired) electrons. The van der Waals surface area contributed by atoms with E-state index in [0.29, 0.717) is 12.1 Å². The highest BCUT2D eigenvalue weighted by atomic mass is 16.4. The molecule has 0 saturated carbocycles. The van der Waals surface area contributed by atoms with Gasteiger partial charge in [0.1, 0.15) is 6.04 Å². The molecular formula is C13H19N3O3. The lowest BCUT2D eigenvalue weighted by molar-refractivity contribution is -0.144. The molecule has 1 aromatic heterocycles. The summed E-state index contributed by atoms with van der Waals surface area (Å²) in [6.45, 7) is 5.32. The summed E-state index contributed by atoms with van der Waals surface area (Å²) in [5.74, 6) is -1.33. The molecule has 2 N–H and O–H groups in total. The maximum absolute atomic E-state index is 11.8. The van der Waals surface area contributed by atoms with Crippen LogP contribution in [0.25, 0.3) is 0 Å². The molecule has 1 amide bonds. The Bertz CT molecular complexity index is 440. The van der Waals surface area contributed by atoms with Crippen molar-refractivity contribution in [2.24, 2.45) is 5.41 Å². The molecule has 0 unspecified atom stereocenters. The molecule has 1 heterocycles. The Morgan fingerprint density at radius 1 is 1.37 bits per heavy atom. The number of aliphatic carboxylic acids is 1. The maximum Gasteiger partial charge on any atom is 0.326 e. The van der Waals surface area contributed by atoms with Crippen LogP contribution in [0.5, 0.6) is 0 Å². The van der Waals surface area contributed by atoms with Crippen LogP contribution in [0.15, 0.2) is 18.6 Å². The highest BCUT2D eigenvalue weighted by molar-refractivity contribution is 5.84. The van der Waals surface area contributed by atoms with E-state index in [1.54, 1.807) is 39.4 Å². The van der Waals surface area contributed by atoms with Gasteiger partial charge in [0.25, 0.3) is 0 Å². The van der Waals surface area contributed by atoms with Crippen molar-refractivity contribution in [2.45, 2.75) is 39.7 Å². The molecule has 1 aromatic rings. The van der Waals surface area contributed by atoms with Gasteiger partial charge in [0.05, 0.1) is 5.69 Å². The van der Waals surface area contributed by atoms with Crippen LogP contribution in [0.2, 0.25) is 0 Å². The second-order valence-electron chi connectivity index (χ2n) is 5.40. The third-order valence-corrected chi connectivity index (χ3v) is 2.64. The first-order valence-electron chi connectivity index (χ1n) is 6.08. The van der Waals surface area contributed by atoms with E-state index in [1.165, 1.54) is 0 Å². The molecule has 0 aliphatic rings. The molecule has 0 aromatic carbocycles. The summed E-state index contributed by atoms with van der Waals surface area (Å²) in [6.07, 6.45) is 5.34. The molecular weight excluding hydrogens is 246 g/mol. The number of aryl methyl sites for hydroxylation is 1. The quantitative estimate of drug-likeness (QED) is 0.829. The van der Waals surface area contributed by atoms with Gasteiger partial charge in [0, 0.05) is 25.0 Å². The number of amides is 1. The van der Waals surface area contributed by atoms with Crippen LogP contribution in [-0.2, 0) is 16.0 Å². The van der Waals surface area contributed by atoms with Crippen LogP contribution in [0.1, 0.15) is 32.9 Å². The first-order chi connectivity index (χ1) is 8.80. The molecule has 0 aliphatic heterocycles. The smallest absolute Gasteiger partial charge is 0.326 e. The van der Waals surface area contributed by atoms with Gasteiger partial charge in [-0.25, -0.2) is 4.79 Å². The first kappa shape index (κ1) is 15.1. The number of aromatic nitrogens is 2. The second kappa shape index (κ2) is 6.26. The monoisotopic (exact) mass is 265 g/mol. The summed E-state index contributed by atoms with van der Waals surface area (Å²) in [6, 6.07) is -0.901. The SMILES string of the molecule is CC(C)(C)[C@H](NC(=O)CCc1cnccn1)C(=O)O. The fourth-order valence-corrected chi connectivity index (χ4v) is 1.58. The van der Waals surface area contributed by atoms with Crippen LogP contribution in [0.4, 0.5) is 0 Å². The van der Waals surface area contributed by atoms with Gasteiger partial charge in [-0.05, 0) is 11.8 Å². The van der Waals surface area contributed by atoms with Crippen LogP contribution in [-0.4, -0.2) is 33.0 Å². The number of hydrogen-bond donors (Lipinski definition) is 2. The maximum atomic E-state index is 11.8. The zero-order valence-electron chi connectivity index (χ0n) is 11.4. The van der Waals surface area contributed by atoms with E-state index in [4.69, 9.17) is 5.11 Å². The summed E-state index contributed by atoms with van der Waals surface area (Å²) in [5, 5.41) is 11.6. The molecule has 104 valence electrons. The number of carboxylic acid groups (broad SMARTS) is 1. The Kier molecular flexibility index (Phi) is 4.97. The Morgan fingerprint density at radius 2 is 2.05 bits per heavy atom. The summed E-state index contributed by atoms with van der Waals surface area (Å²) >= 11 is 0. The molecule has 0 aliphatic carbocycles. The van der Waals surface area contributed by atoms with E-state index < -0.39 is 17.4 Å². The van der Waals surface area contributed by atoms with Gasteiger partial charge in [-0.1, -0.05) is 20.8 Å². The molecule has 19 heavy (non-hydrogen) atoms. The molecule has 0 saturated heterocycles. The minimum absolute atomic E-state index is 0.193. The highest BCUT2D eigenvalue weighted by Crippen LogP contribution is 2.19. The van der Waals surface area contributed by atoms with Crippen molar-refractivity contribution in [2.75, 3.05) is 0 Å². The Balaban J connectivity index is 2.52. The topological polar surface area (TPSA) is 92.2 Å². The second-order valence-corrected chi connectivity index (χ2v) is 5.40. The normalized spacial score (nSPS) is 12.8. The lowest BCUT2D eigenvalue weighted by Gasteiger charge is -2.27. The van der Waals surface area contributed by atoms with E-state index in [0.717, 1.165) is 0 Å². The fraction of sp³-hybridized carbons (Fsp3) is 0.538. The molecule has 1 atom stereocenters. The number of rotatable bonds is 5. The van der Waals surface area contributed by atoms with Crippen LogP contribution in [0, 0.1) is 5.41 Å². The van der Waals surface area contributed by atoms with Gasteiger partial charge in [0.15, 0.2) is 0 Å². The van der Waals surface area contributed by atoms with Gasteiger partial charge >= 0.3 is 5.97 Å². The van der Waals surface area contributed by atoms with Gasteiger partial charge in [-0.2, -0.15) is 0 Å². The Labute approximate surface area is 112 Å². The lowest BCUT2D eigenvalue weighted by Crippen LogP contribution is -2.49. The van der Waals surface area contributed by atoms with Crippen LogP contribution >= 0.6 is 0 Å². The summed E-state index contributed by atoms with van der Waals surface area (Å²) in [4.78, 5) is 30.8. The lowest BCUT2D eigenvalue weighted by atomic mass is 9.86. The van der Waals surface area contributed by atoms with Gasteiger partial charge in [0.2, 0.25) is 5.91 Å². The molecule has 0 spiro atoms. The number of carbonyl (C=O) groups is 2. The number of carboxylic acids is 1. The van der Waals surface area contributed by atoms with Crippen molar-refractivity contribution < 1.29 is 14.7 Å². The highest BCUT2D eigenvalue weighted by Gasteiger charge is 2.32. The minimum atomic E-state index is -1.03. The average Bonchev–Trinajstić information content (AvgIpc) is 2.33. The Morgan fingerprint density at radius 3 is 2.53 bits per heavy atom. The van der Waals surface area contributed by atoms with E-state index in [2.05, 4.69) is 15.3 Å². The van der Waals surface area contributed by atoms with Crippen molar-refractivity contribution in [3.63, 3.8) is 0 Å². The minimum Gasteiger partial charge on any atom is -0.480 e. The fourth-order valence-electron chi connectivity index (χ4n) is 1.58. The number of hydrogen-bond acceptors (Lipinski definition) is 4. The van der Waals surface area contributed by atoms with E-state index in [9.17, 15) is 9.59 Å². The largest absolute Gasteiger partial charge is 0.480 e. The summed E-state index contributed by atoms with van der Waals surface area (Å²) < 4.78 is 0. The van der Waals surface area contributed by atoms with Crippen LogP contribution in [0.3, 0.4) is 0 Å². The molecule has 1 rings (SSSR count). The van der Waals surface area contributed by atoms with Crippen molar-refractivity contribution in [3.8, 4) is 0 Å². The van der Waals surface area contributed by atoms with Gasteiger partial charge in [-0.3, -0.25) is 14.8 Å². The van der Waals surface area contributed by atoms with Crippen LogP contribution < -0.4 is 5.32 Å². The molecule has 0 fully saturated rings.